The average Bonchev–Trinajstić information content (AvgIpc) is 3.17. The van der Waals surface area contributed by atoms with Crippen molar-refractivity contribution in [1.82, 2.24) is 19.9 Å². The Morgan fingerprint density at radius 1 is 1.34 bits per heavy atom. The number of dihydropyridines is 1. The summed E-state index contributed by atoms with van der Waals surface area (Å²) < 4.78 is 1.86. The van der Waals surface area contributed by atoms with Crippen LogP contribution in [0.2, 0.25) is 0 Å². The van der Waals surface area contributed by atoms with E-state index in [2.05, 4.69) is 33.6 Å². The Kier molecular flexibility index (Phi) is 6.01. The molecule has 8 nitrogen and oxygen atoms in total. The second kappa shape index (κ2) is 8.84. The van der Waals surface area contributed by atoms with Gasteiger partial charge in [0.25, 0.3) is 0 Å². The molecule has 0 bridgehead atoms. The van der Waals surface area contributed by atoms with Crippen LogP contribution in [0.25, 0.3) is 5.65 Å². The van der Waals surface area contributed by atoms with E-state index in [1.165, 1.54) is 6.42 Å². The summed E-state index contributed by atoms with van der Waals surface area (Å²) >= 11 is 0. The highest BCUT2D eigenvalue weighted by Crippen LogP contribution is 2.28. The van der Waals surface area contributed by atoms with Crippen molar-refractivity contribution < 1.29 is 10.2 Å². The molecule has 8 heteroatoms. The minimum Gasteiger partial charge on any atom is -0.396 e. The lowest BCUT2D eigenvalue weighted by Gasteiger charge is -2.36. The molecule has 1 unspecified atom stereocenters. The van der Waals surface area contributed by atoms with E-state index in [1.54, 1.807) is 6.08 Å². The fourth-order valence-electron chi connectivity index (χ4n) is 4.08. The summed E-state index contributed by atoms with van der Waals surface area (Å²) in [6.07, 6.45) is 11.8. The van der Waals surface area contributed by atoms with Crippen LogP contribution in [-0.2, 0) is 6.42 Å². The average molecular weight is 399 g/mol. The van der Waals surface area contributed by atoms with Crippen molar-refractivity contribution in [3.05, 3.63) is 41.8 Å². The molecule has 0 radical (unpaired) electrons. The number of aromatic nitrogens is 3. The van der Waals surface area contributed by atoms with Crippen LogP contribution >= 0.6 is 0 Å². The quantitative estimate of drug-likeness (QED) is 0.565. The molecule has 29 heavy (non-hydrogen) atoms. The van der Waals surface area contributed by atoms with Gasteiger partial charge in [0.2, 0.25) is 0 Å². The van der Waals surface area contributed by atoms with E-state index in [0.29, 0.717) is 12.6 Å². The Hall–Kier alpha value is -2.58. The molecule has 1 saturated heterocycles. The lowest BCUT2D eigenvalue weighted by molar-refractivity contribution is 0.200. The largest absolute Gasteiger partial charge is 0.396 e. The van der Waals surface area contributed by atoms with Gasteiger partial charge in [0.1, 0.15) is 17.9 Å². The predicted molar refractivity (Wildman–Crippen MR) is 114 cm³/mol. The molecule has 0 aliphatic carbocycles. The first-order chi connectivity index (χ1) is 14.2. The summed E-state index contributed by atoms with van der Waals surface area (Å²) in [6, 6.07) is 2.38. The highest BCUT2D eigenvalue weighted by molar-refractivity contribution is 5.62. The minimum absolute atomic E-state index is 0.195. The summed E-state index contributed by atoms with van der Waals surface area (Å²) in [5, 5.41) is 29.9. The molecular weight excluding hydrogens is 368 g/mol. The monoisotopic (exact) mass is 398 g/mol. The van der Waals surface area contributed by atoms with E-state index in [9.17, 15) is 10.2 Å². The standard InChI is InChI=1S/C21H30N6O2/c1-2-16-14-24-27-18(22-12-15-6-7-20(29)23-13-15)11-19(25-21(16)27)26-9-4-3-5-17(26)8-10-28/h6-7,11,13-14,17,20,22-23,28-29H,2-5,8-10,12H2,1H3/t17-,20?/m0/s1. The van der Waals surface area contributed by atoms with Crippen molar-refractivity contribution in [2.45, 2.75) is 51.3 Å². The molecule has 2 aliphatic heterocycles. The molecule has 1 fully saturated rings. The molecule has 0 spiro atoms. The number of fused-ring (bicyclic) bond motifs is 1. The molecule has 2 aromatic heterocycles. The molecule has 4 rings (SSSR count). The molecule has 2 atom stereocenters. The van der Waals surface area contributed by atoms with E-state index in [0.717, 1.165) is 60.6 Å². The van der Waals surface area contributed by atoms with Gasteiger partial charge in [0, 0.05) is 43.6 Å². The van der Waals surface area contributed by atoms with E-state index in [4.69, 9.17) is 4.98 Å². The maximum absolute atomic E-state index is 9.52. The topological polar surface area (TPSA) is 98.0 Å². The third-order valence-corrected chi connectivity index (χ3v) is 5.70. The lowest BCUT2D eigenvalue weighted by Crippen LogP contribution is -2.40. The van der Waals surface area contributed by atoms with Gasteiger partial charge in [-0.25, -0.2) is 4.98 Å². The molecule has 0 amide bonds. The van der Waals surface area contributed by atoms with Gasteiger partial charge >= 0.3 is 0 Å². The number of aliphatic hydroxyl groups excluding tert-OH is 2. The zero-order valence-electron chi connectivity index (χ0n) is 16.9. The fraction of sp³-hybridized carbons (Fsp3) is 0.524. The maximum atomic E-state index is 9.52. The number of anilines is 2. The molecule has 4 heterocycles. The molecule has 4 N–H and O–H groups in total. The van der Waals surface area contributed by atoms with Gasteiger partial charge in [-0.3, -0.25) is 0 Å². The van der Waals surface area contributed by atoms with E-state index in [-0.39, 0.29) is 6.61 Å². The second-order valence-electron chi connectivity index (χ2n) is 7.66. The van der Waals surface area contributed by atoms with Crippen molar-refractivity contribution in [1.29, 1.82) is 0 Å². The van der Waals surface area contributed by atoms with Crippen LogP contribution in [0.1, 0.15) is 38.2 Å². The Labute approximate surface area is 170 Å². The number of hydrogen-bond donors (Lipinski definition) is 4. The summed E-state index contributed by atoms with van der Waals surface area (Å²) in [7, 11) is 0. The lowest BCUT2D eigenvalue weighted by atomic mass is 9.99. The van der Waals surface area contributed by atoms with Crippen LogP contribution in [0.3, 0.4) is 0 Å². The number of piperidine rings is 1. The van der Waals surface area contributed by atoms with Gasteiger partial charge in [-0.15, -0.1) is 0 Å². The maximum Gasteiger partial charge on any atom is 0.162 e. The van der Waals surface area contributed by atoms with Crippen LogP contribution in [0, 0.1) is 0 Å². The van der Waals surface area contributed by atoms with Gasteiger partial charge in [-0.1, -0.05) is 13.0 Å². The third kappa shape index (κ3) is 4.23. The zero-order valence-corrected chi connectivity index (χ0v) is 16.9. The third-order valence-electron chi connectivity index (χ3n) is 5.70. The Balaban J connectivity index is 1.65. The molecule has 2 aromatic rings. The SMILES string of the molecule is CCc1cnn2c(NCC3=CNC(O)C=C3)cc(N3CCCC[C@H]3CCO)nc12. The highest BCUT2D eigenvalue weighted by Gasteiger charge is 2.25. The number of rotatable bonds is 7. The fourth-order valence-corrected chi connectivity index (χ4v) is 4.08. The van der Waals surface area contributed by atoms with E-state index >= 15 is 0 Å². The smallest absolute Gasteiger partial charge is 0.162 e. The van der Waals surface area contributed by atoms with Crippen LogP contribution in [-0.4, -0.2) is 56.8 Å². The van der Waals surface area contributed by atoms with Crippen molar-refractivity contribution >= 4 is 17.3 Å². The first kappa shape index (κ1) is 19.7. The van der Waals surface area contributed by atoms with Gasteiger partial charge in [-0.2, -0.15) is 9.61 Å². The summed E-state index contributed by atoms with van der Waals surface area (Å²) in [5.74, 6) is 1.83. The Morgan fingerprint density at radius 3 is 3.00 bits per heavy atom. The van der Waals surface area contributed by atoms with Crippen molar-refractivity contribution in [3.8, 4) is 0 Å². The van der Waals surface area contributed by atoms with Crippen LogP contribution in [0.5, 0.6) is 0 Å². The normalized spacial score (nSPS) is 21.9. The van der Waals surface area contributed by atoms with Crippen molar-refractivity contribution in [2.75, 3.05) is 29.9 Å². The second-order valence-corrected chi connectivity index (χ2v) is 7.66. The molecular formula is C21H30N6O2. The number of aliphatic hydroxyl groups is 2. The summed E-state index contributed by atoms with van der Waals surface area (Å²) in [5.41, 5.74) is 3.04. The summed E-state index contributed by atoms with van der Waals surface area (Å²) in [4.78, 5) is 7.30. The van der Waals surface area contributed by atoms with Crippen LogP contribution in [0.15, 0.2) is 36.2 Å². The number of hydrogen-bond acceptors (Lipinski definition) is 7. The van der Waals surface area contributed by atoms with Crippen LogP contribution in [0.4, 0.5) is 11.6 Å². The van der Waals surface area contributed by atoms with E-state index in [1.807, 2.05) is 23.0 Å². The Morgan fingerprint density at radius 2 is 2.24 bits per heavy atom. The zero-order chi connectivity index (χ0) is 20.2. The van der Waals surface area contributed by atoms with E-state index < -0.39 is 6.23 Å². The molecule has 2 aliphatic rings. The highest BCUT2D eigenvalue weighted by atomic mass is 16.3. The first-order valence-electron chi connectivity index (χ1n) is 10.5. The van der Waals surface area contributed by atoms with Crippen molar-refractivity contribution in [3.63, 3.8) is 0 Å². The molecule has 156 valence electrons. The molecule has 0 aromatic carbocycles. The van der Waals surface area contributed by atoms with Gasteiger partial charge in [0.05, 0.1) is 6.20 Å². The predicted octanol–water partition coefficient (Wildman–Crippen LogP) is 1.81. The van der Waals surface area contributed by atoms with Gasteiger partial charge in [-0.05, 0) is 43.8 Å². The summed E-state index contributed by atoms with van der Waals surface area (Å²) in [6.45, 7) is 3.87. The Bertz CT molecular complexity index is 904. The van der Waals surface area contributed by atoms with Gasteiger partial charge in [0.15, 0.2) is 5.65 Å². The van der Waals surface area contributed by atoms with Crippen molar-refractivity contribution in [2.24, 2.45) is 0 Å². The molecule has 0 saturated carbocycles. The van der Waals surface area contributed by atoms with Gasteiger partial charge < -0.3 is 25.7 Å². The van der Waals surface area contributed by atoms with Crippen LogP contribution < -0.4 is 15.5 Å². The first-order valence-corrected chi connectivity index (χ1v) is 10.5. The minimum atomic E-state index is -0.626. The number of nitrogens with zero attached hydrogens (tertiary/aromatic N) is 4. The number of nitrogens with one attached hydrogen (secondary N) is 2. The number of aryl methyl sites for hydroxylation is 1.